The number of hydrogen-bond acceptors (Lipinski definition) is 4. The Kier molecular flexibility index (Phi) is 8.14. The summed E-state index contributed by atoms with van der Waals surface area (Å²) in [5, 5.41) is 19.1. The van der Waals surface area contributed by atoms with Crippen LogP contribution in [0.25, 0.3) is 0 Å². The van der Waals surface area contributed by atoms with Gasteiger partial charge in [0.15, 0.2) is 0 Å². The number of aliphatic hydroxyl groups excluding tert-OH is 1. The maximum Gasteiger partial charge on any atom is 0.122 e. The summed E-state index contributed by atoms with van der Waals surface area (Å²) >= 11 is 0. The molecule has 1 atom stereocenters. The number of aryl methyl sites for hydroxylation is 2. The van der Waals surface area contributed by atoms with E-state index in [0.717, 1.165) is 48.1 Å². The predicted molar refractivity (Wildman–Crippen MR) is 104 cm³/mol. The Morgan fingerprint density at radius 1 is 1.00 bits per heavy atom. The lowest BCUT2D eigenvalue weighted by atomic mass is 10.00. The second kappa shape index (κ2) is 10.6. The minimum Gasteiger partial charge on any atom is -0.491 e. The summed E-state index contributed by atoms with van der Waals surface area (Å²) in [4.78, 5) is 1.94. The first-order valence-electron chi connectivity index (χ1n) is 9.11. The van der Waals surface area contributed by atoms with Gasteiger partial charge < -0.3 is 14.7 Å². The van der Waals surface area contributed by atoms with Crippen LogP contribution in [0.2, 0.25) is 0 Å². The van der Waals surface area contributed by atoms with E-state index in [1.165, 1.54) is 0 Å². The molecule has 0 saturated carbocycles. The van der Waals surface area contributed by atoms with E-state index in [1.54, 1.807) is 0 Å². The van der Waals surface area contributed by atoms with Gasteiger partial charge in [-0.05, 0) is 63.0 Å². The highest BCUT2D eigenvalue weighted by atomic mass is 16.5. The van der Waals surface area contributed by atoms with Crippen molar-refractivity contribution in [2.24, 2.45) is 0 Å². The third kappa shape index (κ3) is 6.51. The van der Waals surface area contributed by atoms with Gasteiger partial charge in [-0.3, -0.25) is 0 Å². The summed E-state index contributed by atoms with van der Waals surface area (Å²) in [6.45, 7) is 0.880. The Bertz CT molecular complexity index is 722. The van der Waals surface area contributed by atoms with Crippen molar-refractivity contribution in [2.45, 2.75) is 31.8 Å². The molecule has 0 aliphatic carbocycles. The van der Waals surface area contributed by atoms with Crippen molar-refractivity contribution in [3.8, 4) is 11.8 Å². The molecular formula is C22H28N2O2. The number of nitriles is 1. The first-order chi connectivity index (χ1) is 12.6. The number of likely N-dealkylation sites (N-methyl/N-ethyl adjacent to an activating group) is 1. The number of hydrogen-bond donors (Lipinski definition) is 1. The number of rotatable bonds is 10. The van der Waals surface area contributed by atoms with Gasteiger partial charge in [-0.15, -0.1) is 0 Å². The van der Waals surface area contributed by atoms with Crippen molar-refractivity contribution in [1.82, 2.24) is 4.90 Å². The quantitative estimate of drug-likeness (QED) is 0.666. The molecule has 4 nitrogen and oxygen atoms in total. The molecule has 1 unspecified atom stereocenters. The fraction of sp³-hybridized carbons (Fsp3) is 0.409. The molecule has 0 aliphatic rings. The average molecular weight is 352 g/mol. The molecule has 2 rings (SSSR count). The molecule has 0 saturated heterocycles. The Morgan fingerprint density at radius 3 is 2.31 bits per heavy atom. The van der Waals surface area contributed by atoms with Crippen LogP contribution in [0.4, 0.5) is 0 Å². The molecule has 0 aliphatic heterocycles. The molecule has 138 valence electrons. The zero-order valence-electron chi connectivity index (χ0n) is 15.7. The zero-order valence-corrected chi connectivity index (χ0v) is 15.7. The zero-order chi connectivity index (χ0) is 18.8. The molecule has 4 heteroatoms. The summed E-state index contributed by atoms with van der Waals surface area (Å²) in [7, 11) is 3.86. The molecule has 0 spiro atoms. The molecule has 0 aromatic heterocycles. The van der Waals surface area contributed by atoms with Crippen LogP contribution in [0.15, 0.2) is 48.5 Å². The molecule has 0 radical (unpaired) electrons. The number of unbranched alkanes of at least 4 members (excludes halogenated alkanes) is 1. The van der Waals surface area contributed by atoms with E-state index in [-0.39, 0.29) is 0 Å². The average Bonchev–Trinajstić information content (AvgIpc) is 2.64. The van der Waals surface area contributed by atoms with E-state index in [4.69, 9.17) is 10.00 Å². The molecular weight excluding hydrogens is 324 g/mol. The second-order valence-electron chi connectivity index (χ2n) is 6.81. The lowest BCUT2D eigenvalue weighted by Crippen LogP contribution is -2.30. The Balaban J connectivity index is 1.83. The van der Waals surface area contributed by atoms with Gasteiger partial charge in [-0.25, -0.2) is 0 Å². The van der Waals surface area contributed by atoms with E-state index < -0.39 is 6.10 Å². The Labute approximate surface area is 156 Å². The van der Waals surface area contributed by atoms with Gasteiger partial charge in [0, 0.05) is 6.54 Å². The lowest BCUT2D eigenvalue weighted by molar-refractivity contribution is 0.0827. The molecule has 1 N–H and O–H groups in total. The van der Waals surface area contributed by atoms with Gasteiger partial charge in [0.2, 0.25) is 0 Å². The Morgan fingerprint density at radius 2 is 1.62 bits per heavy atom. The van der Waals surface area contributed by atoms with Crippen LogP contribution < -0.4 is 4.74 Å². The van der Waals surface area contributed by atoms with E-state index in [0.29, 0.717) is 13.2 Å². The topological polar surface area (TPSA) is 56.5 Å². The van der Waals surface area contributed by atoms with Crippen LogP contribution in [0.1, 0.15) is 29.5 Å². The monoisotopic (exact) mass is 352 g/mol. The van der Waals surface area contributed by atoms with Crippen LogP contribution >= 0.6 is 0 Å². The molecule has 2 aromatic rings. The van der Waals surface area contributed by atoms with Crippen molar-refractivity contribution in [3.63, 3.8) is 0 Å². The first-order valence-corrected chi connectivity index (χ1v) is 9.11. The molecule has 0 amide bonds. The fourth-order valence-electron chi connectivity index (χ4n) is 2.99. The summed E-state index contributed by atoms with van der Waals surface area (Å²) in [5.74, 6) is 0.850. The highest BCUT2D eigenvalue weighted by molar-refractivity contribution is 5.37. The maximum absolute atomic E-state index is 9.97. The van der Waals surface area contributed by atoms with Gasteiger partial charge >= 0.3 is 0 Å². The van der Waals surface area contributed by atoms with Gasteiger partial charge in [-0.1, -0.05) is 36.4 Å². The largest absolute Gasteiger partial charge is 0.491 e. The van der Waals surface area contributed by atoms with E-state index in [2.05, 4.69) is 12.1 Å². The van der Waals surface area contributed by atoms with Crippen LogP contribution in [0, 0.1) is 11.3 Å². The van der Waals surface area contributed by atoms with Gasteiger partial charge in [-0.2, -0.15) is 5.26 Å². The summed E-state index contributed by atoms with van der Waals surface area (Å²) < 4.78 is 5.83. The van der Waals surface area contributed by atoms with Crippen LogP contribution in [0.3, 0.4) is 0 Å². The molecule has 0 fully saturated rings. The summed E-state index contributed by atoms with van der Waals surface area (Å²) in [6, 6.07) is 18.1. The summed E-state index contributed by atoms with van der Waals surface area (Å²) in [6.07, 6.45) is 3.39. The van der Waals surface area contributed by atoms with Gasteiger partial charge in [0.1, 0.15) is 18.5 Å². The minimum absolute atomic E-state index is 0.296. The highest BCUT2D eigenvalue weighted by Crippen LogP contribution is 2.21. The second-order valence-corrected chi connectivity index (χ2v) is 6.81. The maximum atomic E-state index is 9.97. The first kappa shape index (κ1) is 20.0. The van der Waals surface area contributed by atoms with E-state index in [1.807, 2.05) is 61.5 Å². The fourth-order valence-corrected chi connectivity index (χ4v) is 2.99. The number of aliphatic hydroxyl groups is 1. The predicted octanol–water partition coefficient (Wildman–Crippen LogP) is 3.42. The Hall–Kier alpha value is -2.35. The minimum atomic E-state index is -0.500. The van der Waals surface area contributed by atoms with Crippen LogP contribution in [-0.2, 0) is 12.8 Å². The molecule has 26 heavy (non-hydrogen) atoms. The normalized spacial score (nSPS) is 12.0. The summed E-state index contributed by atoms with van der Waals surface area (Å²) in [5.41, 5.74) is 3.05. The molecule has 2 aromatic carbocycles. The number of ether oxygens (including phenoxy) is 1. The van der Waals surface area contributed by atoms with E-state index in [9.17, 15) is 5.11 Å². The highest BCUT2D eigenvalue weighted by Gasteiger charge is 2.09. The van der Waals surface area contributed by atoms with Crippen molar-refractivity contribution in [3.05, 3.63) is 65.2 Å². The number of benzene rings is 2. The van der Waals surface area contributed by atoms with E-state index >= 15 is 0 Å². The third-order valence-corrected chi connectivity index (χ3v) is 4.26. The van der Waals surface area contributed by atoms with Gasteiger partial charge in [0.05, 0.1) is 11.6 Å². The third-order valence-electron chi connectivity index (χ3n) is 4.26. The number of para-hydroxylation sites is 1. The van der Waals surface area contributed by atoms with Gasteiger partial charge in [0.25, 0.3) is 0 Å². The molecule has 0 heterocycles. The van der Waals surface area contributed by atoms with Crippen LogP contribution in [-0.4, -0.2) is 43.4 Å². The van der Waals surface area contributed by atoms with Crippen molar-refractivity contribution < 1.29 is 9.84 Å². The van der Waals surface area contributed by atoms with Crippen LogP contribution in [0.5, 0.6) is 5.75 Å². The molecule has 0 bridgehead atoms. The van der Waals surface area contributed by atoms with Crippen molar-refractivity contribution >= 4 is 0 Å². The van der Waals surface area contributed by atoms with Crippen molar-refractivity contribution in [2.75, 3.05) is 27.2 Å². The SMILES string of the molecule is CN(C)CC(O)COc1ccccc1CCCCc1ccccc1C#N. The standard InChI is InChI=1S/C22H28N2O2/c1-24(2)16-21(25)17-26-22-14-8-7-12-19(22)11-5-3-9-18-10-4-6-13-20(18)15-23/h4,6-8,10,12-14,21,25H,3,5,9,11,16-17H2,1-2H3. The van der Waals surface area contributed by atoms with Crippen molar-refractivity contribution in [1.29, 1.82) is 5.26 Å². The lowest BCUT2D eigenvalue weighted by Gasteiger charge is -2.18. The number of nitrogens with zero attached hydrogens (tertiary/aromatic N) is 2. The smallest absolute Gasteiger partial charge is 0.122 e.